The quantitative estimate of drug-likeness (QED) is 0.474. The third-order valence-electron chi connectivity index (χ3n) is 2.04. The van der Waals surface area contributed by atoms with E-state index in [2.05, 4.69) is 5.32 Å². The predicted molar refractivity (Wildman–Crippen MR) is 58.8 cm³/mol. The number of alkyl carbamates (subject to hydrolysis) is 1. The Labute approximate surface area is 91.4 Å². The fourth-order valence-electron chi connectivity index (χ4n) is 1.26. The van der Waals surface area contributed by atoms with Crippen LogP contribution in [0.15, 0.2) is 0 Å². The minimum Gasteiger partial charge on any atom is -0.450 e. The molecule has 0 saturated carbocycles. The Hall–Kier alpha value is -1.06. The normalized spacial score (nSPS) is 9.67. The van der Waals surface area contributed by atoms with Crippen LogP contribution >= 0.6 is 0 Å². The molecular formula is C11H21NO3. The summed E-state index contributed by atoms with van der Waals surface area (Å²) in [6.45, 7) is 2.87. The van der Waals surface area contributed by atoms with Crippen molar-refractivity contribution in [1.29, 1.82) is 0 Å². The van der Waals surface area contributed by atoms with Crippen LogP contribution in [0.4, 0.5) is 4.79 Å². The van der Waals surface area contributed by atoms with E-state index in [1.165, 1.54) is 0 Å². The van der Waals surface area contributed by atoms with Gasteiger partial charge in [-0.3, -0.25) is 0 Å². The maximum Gasteiger partial charge on any atom is 0.407 e. The van der Waals surface area contributed by atoms with E-state index in [1.807, 2.05) is 0 Å². The number of hydrogen-bond acceptors (Lipinski definition) is 3. The van der Waals surface area contributed by atoms with Crippen LogP contribution in [-0.4, -0.2) is 25.5 Å². The average Bonchev–Trinajstić information content (AvgIpc) is 2.22. The van der Waals surface area contributed by atoms with Gasteiger partial charge in [0.05, 0.1) is 6.61 Å². The van der Waals surface area contributed by atoms with Crippen LogP contribution in [0.5, 0.6) is 0 Å². The first-order valence-corrected chi connectivity index (χ1v) is 5.65. The highest BCUT2D eigenvalue weighted by Gasteiger charge is 1.97. The van der Waals surface area contributed by atoms with E-state index in [0.29, 0.717) is 19.6 Å². The summed E-state index contributed by atoms with van der Waals surface area (Å²) in [5, 5.41) is 2.67. The lowest BCUT2D eigenvalue weighted by atomic mass is 10.1. The third kappa shape index (κ3) is 10.9. The van der Waals surface area contributed by atoms with Gasteiger partial charge < -0.3 is 14.8 Å². The van der Waals surface area contributed by atoms with Gasteiger partial charge in [0.2, 0.25) is 0 Å². The Morgan fingerprint density at radius 1 is 1.20 bits per heavy atom. The average molecular weight is 215 g/mol. The van der Waals surface area contributed by atoms with Crippen LogP contribution in [0, 0.1) is 0 Å². The monoisotopic (exact) mass is 215 g/mol. The molecule has 0 aromatic carbocycles. The second-order valence-corrected chi connectivity index (χ2v) is 3.37. The zero-order chi connectivity index (χ0) is 11.4. The molecule has 1 amide bonds. The lowest BCUT2D eigenvalue weighted by Crippen LogP contribution is -2.25. The highest BCUT2D eigenvalue weighted by atomic mass is 16.5. The summed E-state index contributed by atoms with van der Waals surface area (Å²) in [5.74, 6) is 0. The number of hydrogen-bond donors (Lipinski definition) is 1. The Balaban J connectivity index is 3.04. The summed E-state index contributed by atoms with van der Waals surface area (Å²) in [6, 6.07) is 0. The largest absolute Gasteiger partial charge is 0.450 e. The molecule has 0 bridgehead atoms. The van der Waals surface area contributed by atoms with Gasteiger partial charge in [-0.05, 0) is 19.8 Å². The number of nitrogens with one attached hydrogen (secondary N) is 1. The van der Waals surface area contributed by atoms with Crippen LogP contribution < -0.4 is 5.32 Å². The number of carbonyl (C=O) groups excluding carboxylic acids is 2. The number of carbonyl (C=O) groups is 2. The second-order valence-electron chi connectivity index (χ2n) is 3.37. The predicted octanol–water partition coefficient (Wildman–Crippen LogP) is 2.27. The van der Waals surface area contributed by atoms with Crippen LogP contribution in [-0.2, 0) is 9.53 Å². The fraction of sp³-hybridized carbons (Fsp3) is 0.818. The Kier molecular flexibility index (Phi) is 10.2. The highest BCUT2D eigenvalue weighted by Crippen LogP contribution is 2.03. The lowest BCUT2D eigenvalue weighted by molar-refractivity contribution is -0.107. The molecule has 88 valence electrons. The molecule has 0 aliphatic heterocycles. The third-order valence-corrected chi connectivity index (χ3v) is 2.04. The van der Waals surface area contributed by atoms with Crippen molar-refractivity contribution in [1.82, 2.24) is 5.32 Å². The van der Waals surface area contributed by atoms with Gasteiger partial charge in [-0.1, -0.05) is 19.3 Å². The fourth-order valence-corrected chi connectivity index (χ4v) is 1.26. The minimum atomic E-state index is -0.335. The highest BCUT2D eigenvalue weighted by molar-refractivity contribution is 5.66. The first kappa shape index (κ1) is 13.9. The van der Waals surface area contributed by atoms with Crippen molar-refractivity contribution < 1.29 is 14.3 Å². The molecule has 0 aliphatic rings. The number of aldehydes is 1. The van der Waals surface area contributed by atoms with E-state index in [9.17, 15) is 9.59 Å². The van der Waals surface area contributed by atoms with Crippen LogP contribution in [0.3, 0.4) is 0 Å². The van der Waals surface area contributed by atoms with Crippen molar-refractivity contribution in [3.63, 3.8) is 0 Å². The minimum absolute atomic E-state index is 0.335. The molecule has 0 saturated heterocycles. The standard InChI is InChI=1S/C11H21NO3/c1-2-15-11(14)12-9-7-5-3-4-6-8-10-13/h10H,2-9H2,1H3,(H,12,14). The Bertz CT molecular complexity index is 171. The summed E-state index contributed by atoms with van der Waals surface area (Å²) < 4.78 is 4.71. The summed E-state index contributed by atoms with van der Waals surface area (Å²) in [5.41, 5.74) is 0. The van der Waals surface area contributed by atoms with Crippen LogP contribution in [0.2, 0.25) is 0 Å². The van der Waals surface area contributed by atoms with E-state index in [4.69, 9.17) is 4.74 Å². The maximum absolute atomic E-state index is 10.8. The molecule has 0 aromatic heterocycles. The van der Waals surface area contributed by atoms with Gasteiger partial charge in [0.25, 0.3) is 0 Å². The van der Waals surface area contributed by atoms with Crippen LogP contribution in [0.25, 0.3) is 0 Å². The zero-order valence-electron chi connectivity index (χ0n) is 9.46. The molecule has 0 unspecified atom stereocenters. The molecule has 0 spiro atoms. The zero-order valence-corrected chi connectivity index (χ0v) is 9.46. The molecule has 4 heteroatoms. The molecule has 0 aliphatic carbocycles. The van der Waals surface area contributed by atoms with Crippen molar-refractivity contribution >= 4 is 12.4 Å². The topological polar surface area (TPSA) is 55.4 Å². The van der Waals surface area contributed by atoms with Gasteiger partial charge in [-0.25, -0.2) is 4.79 Å². The van der Waals surface area contributed by atoms with E-state index in [-0.39, 0.29) is 6.09 Å². The van der Waals surface area contributed by atoms with Crippen molar-refractivity contribution in [3.8, 4) is 0 Å². The van der Waals surface area contributed by atoms with E-state index in [1.54, 1.807) is 6.92 Å². The molecule has 0 aromatic rings. The molecule has 0 heterocycles. The van der Waals surface area contributed by atoms with Crippen molar-refractivity contribution in [2.24, 2.45) is 0 Å². The van der Waals surface area contributed by atoms with Gasteiger partial charge in [-0.15, -0.1) is 0 Å². The van der Waals surface area contributed by atoms with Gasteiger partial charge in [0.15, 0.2) is 0 Å². The number of amides is 1. The molecule has 0 fully saturated rings. The molecule has 0 atom stereocenters. The first-order valence-electron chi connectivity index (χ1n) is 5.65. The summed E-state index contributed by atoms with van der Waals surface area (Å²) in [7, 11) is 0. The first-order chi connectivity index (χ1) is 7.31. The van der Waals surface area contributed by atoms with E-state index in [0.717, 1.165) is 38.4 Å². The molecule has 15 heavy (non-hydrogen) atoms. The Morgan fingerprint density at radius 2 is 1.87 bits per heavy atom. The maximum atomic E-state index is 10.8. The van der Waals surface area contributed by atoms with Gasteiger partial charge >= 0.3 is 6.09 Å². The Morgan fingerprint density at radius 3 is 2.53 bits per heavy atom. The SMILES string of the molecule is CCOC(=O)NCCCCCCCC=O. The summed E-state index contributed by atoms with van der Waals surface area (Å²) in [4.78, 5) is 20.9. The number of ether oxygens (including phenoxy) is 1. The van der Waals surface area contributed by atoms with E-state index < -0.39 is 0 Å². The number of rotatable bonds is 9. The summed E-state index contributed by atoms with van der Waals surface area (Å²) >= 11 is 0. The lowest BCUT2D eigenvalue weighted by Gasteiger charge is -2.04. The molecule has 1 N–H and O–H groups in total. The molecule has 4 nitrogen and oxygen atoms in total. The van der Waals surface area contributed by atoms with Gasteiger partial charge in [0, 0.05) is 13.0 Å². The smallest absolute Gasteiger partial charge is 0.407 e. The van der Waals surface area contributed by atoms with Gasteiger partial charge in [-0.2, -0.15) is 0 Å². The molecule has 0 radical (unpaired) electrons. The second kappa shape index (κ2) is 11.0. The van der Waals surface area contributed by atoms with Crippen LogP contribution in [0.1, 0.15) is 45.4 Å². The molecule has 0 rings (SSSR count). The van der Waals surface area contributed by atoms with Crippen molar-refractivity contribution in [2.45, 2.75) is 45.4 Å². The van der Waals surface area contributed by atoms with Crippen molar-refractivity contribution in [2.75, 3.05) is 13.2 Å². The molecular weight excluding hydrogens is 194 g/mol. The number of unbranched alkanes of at least 4 members (excludes halogenated alkanes) is 5. The summed E-state index contributed by atoms with van der Waals surface area (Å²) in [6.07, 6.45) is 6.55. The van der Waals surface area contributed by atoms with Gasteiger partial charge in [0.1, 0.15) is 6.29 Å². The van der Waals surface area contributed by atoms with E-state index >= 15 is 0 Å². The van der Waals surface area contributed by atoms with Crippen molar-refractivity contribution in [3.05, 3.63) is 0 Å².